The van der Waals surface area contributed by atoms with Crippen LogP contribution < -0.4 is 10.2 Å². The third-order valence-electron chi connectivity index (χ3n) is 2.95. The SMILES string of the molecule is CCOC(=O)c1ccc(N2CCN[C@@H](C)C2)nc1. The van der Waals surface area contributed by atoms with Crippen molar-refractivity contribution in [1.29, 1.82) is 0 Å². The third kappa shape index (κ3) is 2.98. The number of nitrogens with one attached hydrogen (secondary N) is 1. The first-order valence-electron chi connectivity index (χ1n) is 6.32. The number of carbonyl (C=O) groups excluding carboxylic acids is 1. The zero-order valence-corrected chi connectivity index (χ0v) is 10.8. The molecule has 1 atom stereocenters. The van der Waals surface area contributed by atoms with Crippen LogP contribution in [-0.4, -0.2) is 43.2 Å². The molecular weight excluding hydrogens is 230 g/mol. The highest BCUT2D eigenvalue weighted by Gasteiger charge is 2.17. The topological polar surface area (TPSA) is 54.5 Å². The quantitative estimate of drug-likeness (QED) is 0.812. The molecule has 1 saturated heterocycles. The van der Waals surface area contributed by atoms with Crippen molar-refractivity contribution in [1.82, 2.24) is 10.3 Å². The fraction of sp³-hybridized carbons (Fsp3) is 0.538. The van der Waals surface area contributed by atoms with Gasteiger partial charge in [-0.25, -0.2) is 9.78 Å². The molecule has 0 amide bonds. The standard InChI is InChI=1S/C13H19N3O2/c1-3-18-13(17)11-4-5-12(15-8-11)16-7-6-14-10(2)9-16/h4-5,8,10,14H,3,6-7,9H2,1-2H3/t10-/m0/s1. The summed E-state index contributed by atoms with van der Waals surface area (Å²) in [6, 6.07) is 4.11. The van der Waals surface area contributed by atoms with E-state index >= 15 is 0 Å². The van der Waals surface area contributed by atoms with E-state index in [0.717, 1.165) is 25.5 Å². The Balaban J connectivity index is 2.05. The van der Waals surface area contributed by atoms with Gasteiger partial charge >= 0.3 is 5.97 Å². The molecule has 0 aromatic carbocycles. The van der Waals surface area contributed by atoms with E-state index in [1.807, 2.05) is 6.07 Å². The van der Waals surface area contributed by atoms with Crippen LogP contribution in [0, 0.1) is 0 Å². The number of piperazine rings is 1. The zero-order valence-electron chi connectivity index (χ0n) is 10.8. The molecule has 0 aliphatic carbocycles. The van der Waals surface area contributed by atoms with Gasteiger partial charge in [0.2, 0.25) is 0 Å². The summed E-state index contributed by atoms with van der Waals surface area (Å²) >= 11 is 0. The minimum atomic E-state index is -0.315. The first-order valence-corrected chi connectivity index (χ1v) is 6.32. The van der Waals surface area contributed by atoms with Gasteiger partial charge in [0.15, 0.2) is 0 Å². The minimum Gasteiger partial charge on any atom is -0.462 e. The molecule has 0 radical (unpaired) electrons. The summed E-state index contributed by atoms with van der Waals surface area (Å²) in [5, 5.41) is 3.38. The van der Waals surface area contributed by atoms with Gasteiger partial charge in [-0.05, 0) is 26.0 Å². The molecule has 5 nitrogen and oxygen atoms in total. The van der Waals surface area contributed by atoms with Gasteiger partial charge in [-0.1, -0.05) is 0 Å². The van der Waals surface area contributed by atoms with Gasteiger partial charge in [0.05, 0.1) is 12.2 Å². The number of anilines is 1. The van der Waals surface area contributed by atoms with Gasteiger partial charge in [0.25, 0.3) is 0 Å². The van der Waals surface area contributed by atoms with Crippen molar-refractivity contribution in [3.05, 3.63) is 23.9 Å². The molecule has 0 saturated carbocycles. The largest absolute Gasteiger partial charge is 0.462 e. The second-order valence-corrected chi connectivity index (χ2v) is 4.43. The van der Waals surface area contributed by atoms with Crippen LogP contribution >= 0.6 is 0 Å². The van der Waals surface area contributed by atoms with Crippen LogP contribution in [0.25, 0.3) is 0 Å². The van der Waals surface area contributed by atoms with Crippen molar-refractivity contribution in [3.8, 4) is 0 Å². The first-order chi connectivity index (χ1) is 8.70. The van der Waals surface area contributed by atoms with Crippen LogP contribution in [0.15, 0.2) is 18.3 Å². The first kappa shape index (κ1) is 12.8. The molecule has 1 aromatic heterocycles. The summed E-state index contributed by atoms with van der Waals surface area (Å²) in [5.41, 5.74) is 0.504. The number of ether oxygens (including phenoxy) is 1. The number of rotatable bonds is 3. The summed E-state index contributed by atoms with van der Waals surface area (Å²) in [4.78, 5) is 18.1. The summed E-state index contributed by atoms with van der Waals surface area (Å²) in [5.74, 6) is 0.599. The molecule has 18 heavy (non-hydrogen) atoms. The lowest BCUT2D eigenvalue weighted by atomic mass is 10.2. The second-order valence-electron chi connectivity index (χ2n) is 4.43. The number of nitrogens with zero attached hydrogens (tertiary/aromatic N) is 2. The minimum absolute atomic E-state index is 0.315. The molecule has 98 valence electrons. The monoisotopic (exact) mass is 249 g/mol. The van der Waals surface area contributed by atoms with Crippen molar-refractivity contribution in [2.45, 2.75) is 19.9 Å². The summed E-state index contributed by atoms with van der Waals surface area (Å²) in [6.07, 6.45) is 1.58. The molecule has 5 heteroatoms. The van der Waals surface area contributed by atoms with Crippen LogP contribution in [0.5, 0.6) is 0 Å². The fourth-order valence-corrected chi connectivity index (χ4v) is 2.05. The molecule has 0 unspecified atom stereocenters. The normalized spacial score (nSPS) is 19.7. The second kappa shape index (κ2) is 5.82. The number of hydrogen-bond donors (Lipinski definition) is 1. The Morgan fingerprint density at radius 3 is 3.06 bits per heavy atom. The molecular formula is C13H19N3O2. The van der Waals surface area contributed by atoms with E-state index in [2.05, 4.69) is 22.1 Å². The maximum Gasteiger partial charge on any atom is 0.339 e. The van der Waals surface area contributed by atoms with Gasteiger partial charge in [0, 0.05) is 31.9 Å². The van der Waals surface area contributed by atoms with Crippen molar-refractivity contribution >= 4 is 11.8 Å². The van der Waals surface area contributed by atoms with Crippen molar-refractivity contribution in [3.63, 3.8) is 0 Å². The molecule has 0 spiro atoms. The van der Waals surface area contributed by atoms with Crippen molar-refractivity contribution in [2.24, 2.45) is 0 Å². The Labute approximate surface area is 107 Å². The molecule has 2 rings (SSSR count). The van der Waals surface area contributed by atoms with E-state index in [1.165, 1.54) is 0 Å². The zero-order chi connectivity index (χ0) is 13.0. The van der Waals surface area contributed by atoms with Gasteiger partial charge in [-0.3, -0.25) is 0 Å². The van der Waals surface area contributed by atoms with Gasteiger partial charge in [-0.2, -0.15) is 0 Å². The average molecular weight is 249 g/mol. The Kier molecular flexibility index (Phi) is 4.15. The van der Waals surface area contributed by atoms with E-state index < -0.39 is 0 Å². The predicted molar refractivity (Wildman–Crippen MR) is 69.9 cm³/mol. The molecule has 1 aliphatic rings. The lowest BCUT2D eigenvalue weighted by Crippen LogP contribution is -2.49. The van der Waals surface area contributed by atoms with E-state index in [1.54, 1.807) is 19.2 Å². The lowest BCUT2D eigenvalue weighted by Gasteiger charge is -2.32. The predicted octanol–water partition coefficient (Wildman–Crippen LogP) is 1.06. The summed E-state index contributed by atoms with van der Waals surface area (Å²) in [7, 11) is 0. The van der Waals surface area contributed by atoms with E-state index in [9.17, 15) is 4.79 Å². The van der Waals surface area contributed by atoms with Gasteiger partial charge in [-0.15, -0.1) is 0 Å². The average Bonchev–Trinajstić information content (AvgIpc) is 2.39. The number of carbonyl (C=O) groups is 1. The molecule has 1 aromatic rings. The van der Waals surface area contributed by atoms with Crippen molar-refractivity contribution in [2.75, 3.05) is 31.1 Å². The van der Waals surface area contributed by atoms with Crippen LogP contribution in [0.1, 0.15) is 24.2 Å². The highest BCUT2D eigenvalue weighted by molar-refractivity contribution is 5.89. The Bertz CT molecular complexity index is 405. The number of aromatic nitrogens is 1. The highest BCUT2D eigenvalue weighted by atomic mass is 16.5. The smallest absolute Gasteiger partial charge is 0.339 e. The molecule has 1 aliphatic heterocycles. The Hall–Kier alpha value is -1.62. The highest BCUT2D eigenvalue weighted by Crippen LogP contribution is 2.13. The molecule has 1 fully saturated rings. The van der Waals surface area contributed by atoms with Gasteiger partial charge in [0.1, 0.15) is 5.82 Å². The Morgan fingerprint density at radius 1 is 1.61 bits per heavy atom. The molecule has 0 bridgehead atoms. The maximum absolute atomic E-state index is 11.5. The lowest BCUT2D eigenvalue weighted by molar-refractivity contribution is 0.0526. The molecule has 2 heterocycles. The van der Waals surface area contributed by atoms with Crippen LogP contribution in [0.2, 0.25) is 0 Å². The van der Waals surface area contributed by atoms with Crippen molar-refractivity contribution < 1.29 is 9.53 Å². The number of pyridine rings is 1. The van der Waals surface area contributed by atoms with E-state index in [0.29, 0.717) is 18.2 Å². The number of hydrogen-bond acceptors (Lipinski definition) is 5. The van der Waals surface area contributed by atoms with Crippen LogP contribution in [-0.2, 0) is 4.74 Å². The summed E-state index contributed by atoms with van der Waals surface area (Å²) in [6.45, 7) is 7.17. The number of esters is 1. The third-order valence-corrected chi connectivity index (χ3v) is 2.95. The summed E-state index contributed by atoms with van der Waals surface area (Å²) < 4.78 is 4.93. The van der Waals surface area contributed by atoms with Crippen LogP contribution in [0.3, 0.4) is 0 Å². The maximum atomic E-state index is 11.5. The van der Waals surface area contributed by atoms with E-state index in [-0.39, 0.29) is 5.97 Å². The van der Waals surface area contributed by atoms with Crippen LogP contribution in [0.4, 0.5) is 5.82 Å². The Morgan fingerprint density at radius 2 is 2.44 bits per heavy atom. The van der Waals surface area contributed by atoms with Gasteiger partial charge < -0.3 is 15.0 Å². The van der Waals surface area contributed by atoms with E-state index in [4.69, 9.17) is 4.74 Å². The molecule has 1 N–H and O–H groups in total. The fourth-order valence-electron chi connectivity index (χ4n) is 2.05.